The number of pyridine rings is 1. The van der Waals surface area contributed by atoms with Crippen molar-refractivity contribution in [1.29, 1.82) is 0 Å². The highest BCUT2D eigenvalue weighted by Gasteiger charge is 2.26. The molecule has 17 heavy (non-hydrogen) atoms. The van der Waals surface area contributed by atoms with Crippen LogP contribution in [0.4, 0.5) is 0 Å². The molecule has 1 N–H and O–H groups in total. The van der Waals surface area contributed by atoms with E-state index in [1.54, 1.807) is 0 Å². The SMILES string of the molecule is [B]c1cc2ncc(=O)n3c2n(c1=O)CC3CO. The number of nitrogens with zero attached hydrogens (tertiary/aromatic N) is 3. The number of aliphatic hydroxyl groups is 1. The second-order valence-corrected chi connectivity index (χ2v) is 4.03. The molecule has 3 heterocycles. The summed E-state index contributed by atoms with van der Waals surface area (Å²) in [6.45, 7) is 0.0395. The summed E-state index contributed by atoms with van der Waals surface area (Å²) in [5.41, 5.74) is 0.323. The van der Waals surface area contributed by atoms with Crippen molar-refractivity contribution in [3.05, 3.63) is 33.0 Å². The number of aromatic nitrogens is 3. The van der Waals surface area contributed by atoms with Crippen LogP contribution in [0, 0.1) is 0 Å². The first-order valence-corrected chi connectivity index (χ1v) is 5.15. The molecule has 0 saturated carbocycles. The number of hydrogen-bond acceptors (Lipinski definition) is 4. The molecule has 2 aromatic rings. The smallest absolute Gasteiger partial charge is 0.271 e. The summed E-state index contributed by atoms with van der Waals surface area (Å²) in [7, 11) is 5.59. The molecule has 6 nitrogen and oxygen atoms in total. The van der Waals surface area contributed by atoms with Gasteiger partial charge in [-0.1, -0.05) is 0 Å². The molecule has 0 spiro atoms. The minimum Gasteiger partial charge on any atom is -0.394 e. The molecule has 0 fully saturated rings. The van der Waals surface area contributed by atoms with E-state index >= 15 is 0 Å². The molecule has 0 aliphatic carbocycles. The normalized spacial score (nSPS) is 17.8. The molecule has 0 saturated heterocycles. The van der Waals surface area contributed by atoms with Crippen LogP contribution in [0.15, 0.2) is 21.9 Å². The van der Waals surface area contributed by atoms with Gasteiger partial charge >= 0.3 is 0 Å². The van der Waals surface area contributed by atoms with Crippen LogP contribution in [0.3, 0.4) is 0 Å². The number of hydrogen-bond donors (Lipinski definition) is 1. The summed E-state index contributed by atoms with van der Waals surface area (Å²) in [6, 6.07) is 1.02. The third-order valence-corrected chi connectivity index (χ3v) is 3.02. The standard InChI is InChI=1S/C10H8BN3O3/c11-6-1-7-9-13(10(6)17)3-5(4-15)14(9)8(16)2-12-7/h1-2,5,15H,3-4H2. The molecule has 0 amide bonds. The largest absolute Gasteiger partial charge is 0.394 e. The zero-order valence-electron chi connectivity index (χ0n) is 8.83. The monoisotopic (exact) mass is 229 g/mol. The zero-order chi connectivity index (χ0) is 12.2. The van der Waals surface area contributed by atoms with Crippen molar-refractivity contribution in [3.63, 3.8) is 0 Å². The van der Waals surface area contributed by atoms with Gasteiger partial charge in [-0.05, 0) is 11.5 Å². The zero-order valence-corrected chi connectivity index (χ0v) is 8.83. The van der Waals surface area contributed by atoms with E-state index in [1.165, 1.54) is 21.4 Å². The van der Waals surface area contributed by atoms with E-state index in [0.29, 0.717) is 11.2 Å². The minimum atomic E-state index is -0.428. The molecule has 2 aromatic heterocycles. The van der Waals surface area contributed by atoms with Crippen molar-refractivity contribution in [1.82, 2.24) is 14.1 Å². The van der Waals surface area contributed by atoms with Gasteiger partial charge in [0.05, 0.1) is 25.4 Å². The van der Waals surface area contributed by atoms with Gasteiger partial charge in [0.2, 0.25) is 5.56 Å². The predicted molar refractivity (Wildman–Crippen MR) is 61.8 cm³/mol. The molecule has 1 unspecified atom stereocenters. The summed E-state index contributed by atoms with van der Waals surface area (Å²) < 4.78 is 2.78. The van der Waals surface area contributed by atoms with E-state index in [1.807, 2.05) is 0 Å². The Balaban J connectivity index is 2.55. The van der Waals surface area contributed by atoms with Gasteiger partial charge in [-0.2, -0.15) is 0 Å². The molecule has 0 aromatic carbocycles. The maximum absolute atomic E-state index is 11.8. The van der Waals surface area contributed by atoms with Crippen molar-refractivity contribution >= 4 is 24.5 Å². The van der Waals surface area contributed by atoms with Crippen molar-refractivity contribution < 1.29 is 5.11 Å². The molecule has 2 radical (unpaired) electrons. The lowest BCUT2D eigenvalue weighted by Crippen LogP contribution is -2.34. The lowest BCUT2D eigenvalue weighted by Gasteiger charge is -2.08. The van der Waals surface area contributed by atoms with Crippen molar-refractivity contribution in [2.24, 2.45) is 0 Å². The molecule has 84 valence electrons. The lowest BCUT2D eigenvalue weighted by molar-refractivity contribution is 0.225. The Morgan fingerprint density at radius 2 is 2.29 bits per heavy atom. The minimum absolute atomic E-state index is 0.0915. The van der Waals surface area contributed by atoms with E-state index in [0.717, 1.165) is 0 Å². The molecule has 0 bridgehead atoms. The Bertz CT molecular complexity index is 734. The second kappa shape index (κ2) is 3.30. The number of rotatable bonds is 1. The topological polar surface area (TPSA) is 77.1 Å². The van der Waals surface area contributed by atoms with Crippen LogP contribution < -0.4 is 16.6 Å². The molecular formula is C10H8BN3O3. The average Bonchev–Trinajstić information content (AvgIpc) is 2.71. The third-order valence-electron chi connectivity index (χ3n) is 3.02. The van der Waals surface area contributed by atoms with E-state index in [2.05, 4.69) is 4.98 Å². The Morgan fingerprint density at radius 1 is 1.53 bits per heavy atom. The summed E-state index contributed by atoms with van der Waals surface area (Å²) in [5.74, 6) is 0. The van der Waals surface area contributed by atoms with Gasteiger partial charge in [-0.3, -0.25) is 18.7 Å². The van der Waals surface area contributed by atoms with Gasteiger partial charge < -0.3 is 5.11 Å². The fourth-order valence-electron chi connectivity index (χ4n) is 2.26. The van der Waals surface area contributed by atoms with E-state index in [9.17, 15) is 14.7 Å². The van der Waals surface area contributed by atoms with Crippen molar-refractivity contribution in [2.75, 3.05) is 6.61 Å². The third kappa shape index (κ3) is 1.23. The van der Waals surface area contributed by atoms with E-state index < -0.39 is 6.04 Å². The van der Waals surface area contributed by atoms with Crippen molar-refractivity contribution in [2.45, 2.75) is 12.6 Å². The first kappa shape index (κ1) is 10.3. The molecule has 3 rings (SSSR count). The van der Waals surface area contributed by atoms with E-state index in [-0.39, 0.29) is 29.7 Å². The van der Waals surface area contributed by atoms with Crippen LogP contribution in [0.5, 0.6) is 0 Å². The van der Waals surface area contributed by atoms with Crippen LogP contribution in [0.2, 0.25) is 0 Å². The maximum Gasteiger partial charge on any atom is 0.271 e. The van der Waals surface area contributed by atoms with Crippen LogP contribution in [-0.2, 0) is 6.54 Å². The van der Waals surface area contributed by atoms with Gasteiger partial charge in [0.1, 0.15) is 19.0 Å². The van der Waals surface area contributed by atoms with Crippen LogP contribution in [0.25, 0.3) is 11.2 Å². The summed E-state index contributed by atoms with van der Waals surface area (Å²) in [4.78, 5) is 27.5. The molecular weight excluding hydrogens is 221 g/mol. The summed E-state index contributed by atoms with van der Waals surface area (Å²) >= 11 is 0. The molecule has 1 atom stereocenters. The fourth-order valence-corrected chi connectivity index (χ4v) is 2.26. The highest BCUT2D eigenvalue weighted by Crippen LogP contribution is 2.20. The van der Waals surface area contributed by atoms with Gasteiger partial charge in [-0.15, -0.1) is 0 Å². The Morgan fingerprint density at radius 3 is 3.00 bits per heavy atom. The molecule has 7 heteroatoms. The Hall–Kier alpha value is -1.89. The van der Waals surface area contributed by atoms with Gasteiger partial charge in [-0.25, -0.2) is 4.98 Å². The van der Waals surface area contributed by atoms with Crippen LogP contribution in [-0.4, -0.2) is 33.7 Å². The van der Waals surface area contributed by atoms with Crippen molar-refractivity contribution in [3.8, 4) is 0 Å². The Labute approximate surface area is 96.6 Å². The fraction of sp³-hybridized carbons (Fsp3) is 0.300. The van der Waals surface area contributed by atoms with Gasteiger partial charge in [0.25, 0.3) is 5.56 Å². The first-order valence-electron chi connectivity index (χ1n) is 5.15. The summed E-state index contributed by atoms with van der Waals surface area (Å²) in [5, 5.41) is 9.25. The predicted octanol–water partition coefficient (Wildman–Crippen LogP) is -2.10. The first-order chi connectivity index (χ1) is 8.13. The number of aliphatic hydroxyl groups excluding tert-OH is 1. The Kier molecular flexibility index (Phi) is 2.00. The highest BCUT2D eigenvalue weighted by atomic mass is 16.3. The molecule has 1 aliphatic heterocycles. The maximum atomic E-state index is 11.8. The van der Waals surface area contributed by atoms with Gasteiger partial charge in [0.15, 0.2) is 0 Å². The average molecular weight is 229 g/mol. The quantitative estimate of drug-likeness (QED) is 0.568. The van der Waals surface area contributed by atoms with Gasteiger partial charge in [0, 0.05) is 0 Å². The highest BCUT2D eigenvalue weighted by molar-refractivity contribution is 6.32. The molecule has 1 aliphatic rings. The lowest BCUT2D eigenvalue weighted by atomic mass is 9.98. The van der Waals surface area contributed by atoms with E-state index in [4.69, 9.17) is 7.85 Å². The summed E-state index contributed by atoms with van der Waals surface area (Å²) in [6.07, 6.45) is 1.17. The van der Waals surface area contributed by atoms with Crippen LogP contribution in [0.1, 0.15) is 6.04 Å². The van der Waals surface area contributed by atoms with Crippen LogP contribution >= 0.6 is 0 Å². The second-order valence-electron chi connectivity index (χ2n) is 4.03.